The van der Waals surface area contributed by atoms with Gasteiger partial charge in [0.2, 0.25) is 0 Å². The molecule has 0 spiro atoms. The first kappa shape index (κ1) is 20.1. The molecule has 2 atom stereocenters. The second kappa shape index (κ2) is 8.57. The van der Waals surface area contributed by atoms with Gasteiger partial charge < -0.3 is 4.74 Å². The van der Waals surface area contributed by atoms with E-state index in [1.165, 1.54) is 0 Å². The van der Waals surface area contributed by atoms with E-state index >= 15 is 0 Å². The van der Waals surface area contributed by atoms with Crippen molar-refractivity contribution in [2.24, 2.45) is 17.3 Å². The number of ether oxygens (including phenoxy) is 1. The molecule has 0 N–H and O–H groups in total. The van der Waals surface area contributed by atoms with Gasteiger partial charge in [-0.1, -0.05) is 106 Å². The smallest absolute Gasteiger partial charge is 0.310 e. The van der Waals surface area contributed by atoms with Crippen molar-refractivity contribution in [3.63, 3.8) is 0 Å². The molecule has 0 saturated heterocycles. The Balaban J connectivity index is 1.61. The lowest BCUT2D eigenvalue weighted by molar-refractivity contribution is -0.147. The van der Waals surface area contributed by atoms with Crippen LogP contribution in [-0.4, -0.2) is 5.97 Å². The Bertz CT molecular complexity index is 869. The summed E-state index contributed by atoms with van der Waals surface area (Å²) in [7, 11) is 0. The van der Waals surface area contributed by atoms with Crippen LogP contribution in [0, 0.1) is 17.3 Å². The number of benzene rings is 2. The summed E-state index contributed by atoms with van der Waals surface area (Å²) in [6.45, 7) is 4.48. The Labute approximate surface area is 177 Å². The number of esters is 1. The van der Waals surface area contributed by atoms with Crippen LogP contribution in [0.3, 0.4) is 0 Å². The first-order valence-electron chi connectivity index (χ1n) is 8.88. The molecule has 2 aromatic rings. The lowest BCUT2D eigenvalue weighted by Gasteiger charge is -2.07. The number of carbonyl (C=O) groups is 1. The Morgan fingerprint density at radius 3 is 2.41 bits per heavy atom. The zero-order valence-electron chi connectivity index (χ0n) is 15.4. The molecule has 0 aromatic heterocycles. The summed E-state index contributed by atoms with van der Waals surface area (Å²) in [5.74, 6) is -0.0760. The highest BCUT2D eigenvalue weighted by atomic mass is 79.9. The van der Waals surface area contributed by atoms with Gasteiger partial charge in [0.25, 0.3) is 0 Å². The number of rotatable bonds is 6. The fraction of sp³-hybridized carbons (Fsp3) is 0.261. The average Bonchev–Trinajstić information content (AvgIpc) is 3.27. The van der Waals surface area contributed by atoms with E-state index in [2.05, 4.69) is 76.1 Å². The van der Waals surface area contributed by atoms with Crippen molar-refractivity contribution in [3.8, 4) is 0 Å². The van der Waals surface area contributed by atoms with Crippen molar-refractivity contribution in [3.05, 3.63) is 80.8 Å². The lowest BCUT2D eigenvalue weighted by Crippen LogP contribution is -2.10. The quantitative estimate of drug-likeness (QED) is 0.329. The summed E-state index contributed by atoms with van der Waals surface area (Å²) in [4.78, 5) is 14.3. The van der Waals surface area contributed by atoms with Gasteiger partial charge in [-0.3, -0.25) is 4.79 Å². The molecule has 4 heteroatoms. The lowest BCUT2D eigenvalue weighted by atomic mass is 10.1. The van der Waals surface area contributed by atoms with E-state index in [4.69, 9.17) is 4.74 Å². The Kier molecular flexibility index (Phi) is 6.38. The van der Waals surface area contributed by atoms with Crippen LogP contribution in [0.5, 0.6) is 0 Å². The standard InChI is InChI=1S/C23H22Br2O2/c1-23(2)20(19(25)14-24)21(23)22(26)27-15-18-10-6-9-17(13-18)12-11-16-7-4-3-5-8-16/h3-14,20-21H,15H2,1-2H3. The molecule has 1 saturated carbocycles. The van der Waals surface area contributed by atoms with Crippen LogP contribution < -0.4 is 0 Å². The monoisotopic (exact) mass is 488 g/mol. The maximum Gasteiger partial charge on any atom is 0.310 e. The van der Waals surface area contributed by atoms with Crippen molar-refractivity contribution < 1.29 is 9.53 Å². The predicted octanol–water partition coefficient (Wildman–Crippen LogP) is 6.80. The summed E-state index contributed by atoms with van der Waals surface area (Å²) in [6.07, 6.45) is 4.14. The van der Waals surface area contributed by atoms with Crippen molar-refractivity contribution in [2.75, 3.05) is 0 Å². The zero-order chi connectivity index (χ0) is 19.4. The van der Waals surface area contributed by atoms with Gasteiger partial charge in [-0.2, -0.15) is 0 Å². The van der Waals surface area contributed by atoms with Gasteiger partial charge in [-0.05, 0) is 33.2 Å². The molecule has 2 aromatic carbocycles. The molecule has 1 aliphatic rings. The molecule has 3 rings (SSSR count). The molecule has 2 unspecified atom stereocenters. The van der Waals surface area contributed by atoms with Gasteiger partial charge in [0, 0.05) is 10.4 Å². The normalized spacial score (nSPS) is 21.3. The molecule has 140 valence electrons. The van der Waals surface area contributed by atoms with Crippen LogP contribution >= 0.6 is 31.9 Å². The maximum absolute atomic E-state index is 12.5. The van der Waals surface area contributed by atoms with E-state index in [0.29, 0.717) is 6.61 Å². The summed E-state index contributed by atoms with van der Waals surface area (Å²) < 4.78 is 6.61. The van der Waals surface area contributed by atoms with Gasteiger partial charge >= 0.3 is 5.97 Å². The van der Waals surface area contributed by atoms with E-state index in [0.717, 1.165) is 21.2 Å². The first-order chi connectivity index (χ1) is 12.9. The van der Waals surface area contributed by atoms with Crippen molar-refractivity contribution in [2.45, 2.75) is 20.5 Å². The average molecular weight is 490 g/mol. The molecule has 2 nitrogen and oxygen atoms in total. The summed E-state index contributed by atoms with van der Waals surface area (Å²) in [5.41, 5.74) is 3.15. The van der Waals surface area contributed by atoms with Crippen LogP contribution in [0.1, 0.15) is 30.5 Å². The molecule has 0 heterocycles. The highest BCUT2D eigenvalue weighted by molar-refractivity contribution is 9.14. The fourth-order valence-electron chi connectivity index (χ4n) is 3.45. The molecule has 0 radical (unpaired) electrons. The summed E-state index contributed by atoms with van der Waals surface area (Å²) >= 11 is 6.86. The number of hydrogen-bond donors (Lipinski definition) is 0. The van der Waals surface area contributed by atoms with Gasteiger partial charge in [0.1, 0.15) is 6.61 Å². The van der Waals surface area contributed by atoms with E-state index in [-0.39, 0.29) is 23.2 Å². The predicted molar refractivity (Wildman–Crippen MR) is 118 cm³/mol. The second-order valence-electron chi connectivity index (χ2n) is 7.37. The van der Waals surface area contributed by atoms with Gasteiger partial charge in [-0.15, -0.1) is 0 Å². The van der Waals surface area contributed by atoms with Crippen molar-refractivity contribution in [1.29, 1.82) is 0 Å². The molecule has 1 aliphatic carbocycles. The Morgan fingerprint density at radius 2 is 1.70 bits per heavy atom. The SMILES string of the molecule is CC1(C)C(C(=O)OCc2cccc(C=Cc3ccccc3)c2)C1C(Br)=CBr. The Hall–Kier alpha value is -1.65. The zero-order valence-corrected chi connectivity index (χ0v) is 18.5. The largest absolute Gasteiger partial charge is 0.461 e. The van der Waals surface area contributed by atoms with E-state index in [1.54, 1.807) is 0 Å². The van der Waals surface area contributed by atoms with Gasteiger partial charge in [0.15, 0.2) is 0 Å². The van der Waals surface area contributed by atoms with Crippen LogP contribution in [0.2, 0.25) is 0 Å². The Morgan fingerprint density at radius 1 is 1.04 bits per heavy atom. The highest BCUT2D eigenvalue weighted by Gasteiger charge is 2.63. The van der Waals surface area contributed by atoms with Crippen LogP contribution in [-0.2, 0) is 16.1 Å². The number of halogens is 2. The van der Waals surface area contributed by atoms with E-state index in [1.807, 2.05) is 41.4 Å². The first-order valence-corrected chi connectivity index (χ1v) is 10.6. The van der Waals surface area contributed by atoms with Crippen LogP contribution in [0.25, 0.3) is 12.2 Å². The third-order valence-corrected chi connectivity index (χ3v) is 6.91. The molecule has 0 aliphatic heterocycles. The van der Waals surface area contributed by atoms with Crippen LogP contribution in [0.4, 0.5) is 0 Å². The fourth-order valence-corrected chi connectivity index (χ4v) is 4.59. The topological polar surface area (TPSA) is 26.3 Å². The minimum absolute atomic E-state index is 0.0829. The van der Waals surface area contributed by atoms with Crippen LogP contribution in [0.15, 0.2) is 64.1 Å². The van der Waals surface area contributed by atoms with E-state index < -0.39 is 0 Å². The summed E-state index contributed by atoms with van der Waals surface area (Å²) in [6, 6.07) is 18.2. The molecule has 27 heavy (non-hydrogen) atoms. The summed E-state index contributed by atoms with van der Waals surface area (Å²) in [5, 5.41) is 0. The molecule has 0 bridgehead atoms. The van der Waals surface area contributed by atoms with Gasteiger partial charge in [-0.25, -0.2) is 0 Å². The van der Waals surface area contributed by atoms with Gasteiger partial charge in [0.05, 0.1) is 5.92 Å². The minimum Gasteiger partial charge on any atom is -0.461 e. The molecular weight excluding hydrogens is 468 g/mol. The third kappa shape index (κ3) is 4.80. The second-order valence-corrected chi connectivity index (χ2v) is 8.74. The third-order valence-electron chi connectivity index (χ3n) is 5.08. The molecule has 1 fully saturated rings. The van der Waals surface area contributed by atoms with Crippen molar-refractivity contribution >= 4 is 50.0 Å². The van der Waals surface area contributed by atoms with E-state index in [9.17, 15) is 4.79 Å². The minimum atomic E-state index is -0.137. The molecular formula is C23H22Br2O2. The highest BCUT2D eigenvalue weighted by Crippen LogP contribution is 2.63. The maximum atomic E-state index is 12.5. The number of hydrogen-bond acceptors (Lipinski definition) is 2. The number of allylic oxidation sites excluding steroid dienone is 1. The number of carbonyl (C=O) groups excluding carboxylic acids is 1. The molecule has 0 amide bonds. The van der Waals surface area contributed by atoms with Crippen molar-refractivity contribution in [1.82, 2.24) is 0 Å².